The molecule has 0 saturated heterocycles. The van der Waals surface area contributed by atoms with E-state index in [1.165, 1.54) is 26.1 Å². The third-order valence-electron chi connectivity index (χ3n) is 5.62. The van der Waals surface area contributed by atoms with Crippen LogP contribution in [0.1, 0.15) is 28.8 Å². The van der Waals surface area contributed by atoms with Gasteiger partial charge in [0.05, 0.1) is 17.7 Å². The summed E-state index contributed by atoms with van der Waals surface area (Å²) in [6, 6.07) is 7.49. The fraction of sp³-hybridized carbons (Fsp3) is 0.391. The lowest BCUT2D eigenvalue weighted by Gasteiger charge is -2.17. The molecular weight excluding hydrogens is 444 g/mol. The molecule has 0 unspecified atom stereocenters. The molecule has 1 aliphatic carbocycles. The Hall–Kier alpha value is -2.65. The minimum Gasteiger partial charge on any atom is -0.336 e. The van der Waals surface area contributed by atoms with Crippen LogP contribution in [0.15, 0.2) is 34.2 Å². The summed E-state index contributed by atoms with van der Waals surface area (Å²) < 4.78 is 1.53. The summed E-state index contributed by atoms with van der Waals surface area (Å²) >= 11 is 2.83. The minimum atomic E-state index is -0.259. The highest BCUT2D eigenvalue weighted by molar-refractivity contribution is 7.99. The summed E-state index contributed by atoms with van der Waals surface area (Å²) in [6.07, 6.45) is 4.21. The lowest BCUT2D eigenvalue weighted by atomic mass is 9.97. The van der Waals surface area contributed by atoms with Gasteiger partial charge in [0.1, 0.15) is 4.83 Å². The van der Waals surface area contributed by atoms with Gasteiger partial charge >= 0.3 is 0 Å². The van der Waals surface area contributed by atoms with E-state index in [4.69, 9.17) is 4.98 Å². The van der Waals surface area contributed by atoms with Gasteiger partial charge in [0.15, 0.2) is 5.16 Å². The molecule has 2 aromatic heterocycles. The van der Waals surface area contributed by atoms with Crippen molar-refractivity contribution in [1.82, 2.24) is 14.5 Å². The first-order valence-corrected chi connectivity index (χ1v) is 12.4. The van der Waals surface area contributed by atoms with Gasteiger partial charge < -0.3 is 10.2 Å². The molecule has 168 valence electrons. The maximum atomic E-state index is 13.0. The summed E-state index contributed by atoms with van der Waals surface area (Å²) in [4.78, 5) is 45.9. The fourth-order valence-corrected chi connectivity index (χ4v) is 5.99. The first-order valence-electron chi connectivity index (χ1n) is 10.6. The molecule has 1 aromatic carbocycles. The highest BCUT2D eigenvalue weighted by Crippen LogP contribution is 2.34. The smallest absolute Gasteiger partial charge is 0.262 e. The molecule has 0 radical (unpaired) electrons. The number of nitrogens with one attached hydrogen (secondary N) is 1. The van der Waals surface area contributed by atoms with Crippen molar-refractivity contribution < 1.29 is 9.59 Å². The Balaban J connectivity index is 1.39. The lowest BCUT2D eigenvalue weighted by molar-refractivity contribution is -0.131. The van der Waals surface area contributed by atoms with Crippen molar-refractivity contribution in [3.63, 3.8) is 0 Å². The van der Waals surface area contributed by atoms with Crippen LogP contribution in [0, 0.1) is 6.92 Å². The molecule has 0 bridgehead atoms. The number of carbonyl (C=O) groups is 2. The van der Waals surface area contributed by atoms with E-state index in [1.807, 2.05) is 31.2 Å². The Morgan fingerprint density at radius 3 is 2.69 bits per heavy atom. The Morgan fingerprint density at radius 2 is 1.94 bits per heavy atom. The number of aryl methyl sites for hydroxylation is 3. The third-order valence-corrected chi connectivity index (χ3v) is 7.82. The molecule has 4 rings (SSSR count). The van der Waals surface area contributed by atoms with Crippen LogP contribution in [0.5, 0.6) is 0 Å². The molecule has 1 aliphatic rings. The van der Waals surface area contributed by atoms with Crippen LogP contribution >= 0.6 is 23.1 Å². The molecule has 0 fully saturated rings. The predicted octanol–water partition coefficient (Wildman–Crippen LogP) is 3.37. The van der Waals surface area contributed by atoms with Crippen LogP contribution in [-0.2, 0) is 29.5 Å². The highest BCUT2D eigenvalue weighted by atomic mass is 32.2. The molecule has 0 aliphatic heterocycles. The van der Waals surface area contributed by atoms with Gasteiger partial charge in [-0.25, -0.2) is 4.98 Å². The number of amides is 2. The fourth-order valence-electron chi connectivity index (χ4n) is 3.77. The summed E-state index contributed by atoms with van der Waals surface area (Å²) in [5, 5.41) is 4.06. The number of hydrogen-bond acceptors (Lipinski definition) is 6. The van der Waals surface area contributed by atoms with Crippen LogP contribution in [-0.4, -0.2) is 45.6 Å². The second kappa shape index (κ2) is 9.46. The molecule has 7 nitrogen and oxygen atoms in total. The van der Waals surface area contributed by atoms with E-state index in [1.54, 1.807) is 25.4 Å². The van der Waals surface area contributed by atoms with Gasteiger partial charge in [0.2, 0.25) is 11.8 Å². The number of anilines is 1. The predicted molar refractivity (Wildman–Crippen MR) is 130 cm³/mol. The first-order chi connectivity index (χ1) is 15.3. The van der Waals surface area contributed by atoms with E-state index >= 15 is 0 Å². The van der Waals surface area contributed by atoms with Gasteiger partial charge in [-0.05, 0) is 50.3 Å². The normalized spacial score (nSPS) is 13.1. The van der Waals surface area contributed by atoms with Gasteiger partial charge in [-0.15, -0.1) is 11.3 Å². The number of aromatic nitrogens is 2. The van der Waals surface area contributed by atoms with Gasteiger partial charge in [0.25, 0.3) is 5.56 Å². The largest absolute Gasteiger partial charge is 0.336 e. The quantitative estimate of drug-likeness (QED) is 0.441. The Bertz CT molecular complexity index is 1230. The molecule has 3 aromatic rings. The number of benzene rings is 1. The number of rotatable bonds is 6. The van der Waals surface area contributed by atoms with Crippen LogP contribution in [0.4, 0.5) is 5.69 Å². The zero-order valence-electron chi connectivity index (χ0n) is 18.4. The minimum absolute atomic E-state index is 0.0453. The maximum absolute atomic E-state index is 13.0. The highest BCUT2D eigenvalue weighted by Gasteiger charge is 2.22. The van der Waals surface area contributed by atoms with Crippen molar-refractivity contribution in [3.05, 3.63) is 50.6 Å². The SMILES string of the molecule is Cc1ccc(NC(=O)CN(C)C(=O)CSc2nc3sc4c(c3c(=O)n2C)CCCC4)cc1. The van der Waals surface area contributed by atoms with Crippen LogP contribution < -0.4 is 10.9 Å². The van der Waals surface area contributed by atoms with Crippen molar-refractivity contribution in [3.8, 4) is 0 Å². The van der Waals surface area contributed by atoms with Crippen LogP contribution in [0.2, 0.25) is 0 Å². The molecule has 9 heteroatoms. The van der Waals surface area contributed by atoms with E-state index in [2.05, 4.69) is 5.32 Å². The van der Waals surface area contributed by atoms with Crippen molar-refractivity contribution in [1.29, 1.82) is 0 Å². The molecule has 2 amide bonds. The first kappa shape index (κ1) is 22.5. The van der Waals surface area contributed by atoms with E-state index in [-0.39, 0.29) is 29.7 Å². The standard InChI is InChI=1S/C23H26N4O3S2/c1-14-8-10-15(11-9-14)24-18(28)12-26(2)19(29)13-31-23-25-21-20(22(30)27(23)3)16-6-4-5-7-17(16)32-21/h8-11H,4-7,12-13H2,1-3H3,(H,24,28). The van der Waals surface area contributed by atoms with Crippen LogP contribution in [0.25, 0.3) is 10.2 Å². The number of thiophene rings is 1. The second-order valence-electron chi connectivity index (χ2n) is 8.10. The topological polar surface area (TPSA) is 84.3 Å². The molecular formula is C23H26N4O3S2. The summed E-state index contributed by atoms with van der Waals surface area (Å²) in [5.74, 6) is -0.356. The van der Waals surface area contributed by atoms with Gasteiger partial charge in [-0.1, -0.05) is 29.5 Å². The average Bonchev–Trinajstić information content (AvgIpc) is 3.15. The monoisotopic (exact) mass is 470 g/mol. The van der Waals surface area contributed by atoms with Crippen molar-refractivity contribution in [2.45, 2.75) is 37.8 Å². The number of nitrogens with zero attached hydrogens (tertiary/aromatic N) is 3. The van der Waals surface area contributed by atoms with E-state index in [9.17, 15) is 14.4 Å². The van der Waals surface area contributed by atoms with Crippen molar-refractivity contribution >= 4 is 50.8 Å². The molecule has 0 spiro atoms. The molecule has 1 N–H and O–H groups in total. The van der Waals surface area contributed by atoms with Crippen LogP contribution in [0.3, 0.4) is 0 Å². The zero-order valence-corrected chi connectivity index (χ0v) is 20.1. The van der Waals surface area contributed by atoms with Gasteiger partial charge in [-0.2, -0.15) is 0 Å². The lowest BCUT2D eigenvalue weighted by Crippen LogP contribution is -2.36. The number of hydrogen-bond donors (Lipinski definition) is 1. The second-order valence-corrected chi connectivity index (χ2v) is 10.1. The molecule has 2 heterocycles. The zero-order chi connectivity index (χ0) is 22.8. The molecule has 32 heavy (non-hydrogen) atoms. The third kappa shape index (κ3) is 4.73. The Kier molecular flexibility index (Phi) is 6.66. The molecule has 0 atom stereocenters. The van der Waals surface area contributed by atoms with Gasteiger partial charge in [0, 0.05) is 24.7 Å². The number of carbonyl (C=O) groups excluding carboxylic acids is 2. The van der Waals surface area contributed by atoms with E-state index < -0.39 is 0 Å². The van der Waals surface area contributed by atoms with Crippen molar-refractivity contribution in [2.75, 3.05) is 24.7 Å². The number of likely N-dealkylation sites (N-methyl/N-ethyl adjacent to an activating group) is 1. The van der Waals surface area contributed by atoms with Gasteiger partial charge in [-0.3, -0.25) is 19.0 Å². The molecule has 0 saturated carbocycles. The maximum Gasteiger partial charge on any atom is 0.262 e. The van der Waals surface area contributed by atoms with Crippen molar-refractivity contribution in [2.24, 2.45) is 7.05 Å². The average molecular weight is 471 g/mol. The number of thioether (sulfide) groups is 1. The number of fused-ring (bicyclic) bond motifs is 3. The van der Waals surface area contributed by atoms with E-state index in [0.717, 1.165) is 47.0 Å². The Morgan fingerprint density at radius 1 is 1.22 bits per heavy atom. The Labute approximate surface area is 194 Å². The summed E-state index contributed by atoms with van der Waals surface area (Å²) in [7, 11) is 3.30. The van der Waals surface area contributed by atoms with E-state index in [0.29, 0.717) is 10.8 Å². The summed E-state index contributed by atoms with van der Waals surface area (Å²) in [5.41, 5.74) is 2.92. The summed E-state index contributed by atoms with van der Waals surface area (Å²) in [6.45, 7) is 1.93.